The highest BCUT2D eigenvalue weighted by atomic mass is 19.1. The molecule has 1 N–H and O–H groups in total. The third kappa shape index (κ3) is 7.40. The summed E-state index contributed by atoms with van der Waals surface area (Å²) in [5, 5.41) is 3.51. The van der Waals surface area contributed by atoms with Crippen molar-refractivity contribution in [1.82, 2.24) is 19.8 Å². The van der Waals surface area contributed by atoms with E-state index in [1.165, 1.54) is 42.4 Å². The quantitative estimate of drug-likeness (QED) is 0.255. The Labute approximate surface area is 225 Å². The second kappa shape index (κ2) is 14.6. The van der Waals surface area contributed by atoms with Gasteiger partial charge in [0.05, 0.1) is 29.7 Å². The van der Waals surface area contributed by atoms with Crippen molar-refractivity contribution in [1.29, 1.82) is 0 Å². The van der Waals surface area contributed by atoms with E-state index in [1.807, 2.05) is 14.0 Å². The molecule has 8 heteroatoms. The molecule has 0 spiro atoms. The van der Waals surface area contributed by atoms with Crippen LogP contribution in [0.2, 0.25) is 0 Å². The lowest BCUT2D eigenvalue weighted by Crippen LogP contribution is -2.40. The number of ether oxygens (including phenoxy) is 1. The highest BCUT2D eigenvalue weighted by Crippen LogP contribution is 2.25. The average molecular weight is 525 g/mol. The number of rotatable bonds is 15. The molecule has 1 aromatic heterocycles. The minimum Gasteiger partial charge on any atom is -0.497 e. The fraction of sp³-hybridized carbons (Fsp3) is 0.500. The predicted molar refractivity (Wildman–Crippen MR) is 151 cm³/mol. The lowest BCUT2D eigenvalue weighted by atomic mass is 10.1. The molecule has 1 unspecified atom stereocenters. The standard InChI is InChI=1S/C30H41FN4O3/c1-5-6-7-8-9-10-11-12-28(36)34(20-19-32-3)22(2)29-33-27-18-17-25(38-4)21-26(27)30(37)35(29)24-15-13-23(31)14-16-24/h13-18,21-22,32H,5-12,19-20H2,1-4H3. The molecule has 206 valence electrons. The Kier molecular flexibility index (Phi) is 11.3. The maximum absolute atomic E-state index is 13.8. The van der Waals surface area contributed by atoms with Gasteiger partial charge in [-0.2, -0.15) is 0 Å². The molecule has 0 fully saturated rings. The number of methoxy groups -OCH3 is 1. The molecule has 0 radical (unpaired) electrons. The number of nitrogens with one attached hydrogen (secondary N) is 1. The summed E-state index contributed by atoms with van der Waals surface area (Å²) >= 11 is 0. The fourth-order valence-electron chi connectivity index (χ4n) is 4.71. The number of fused-ring (bicyclic) bond motifs is 1. The van der Waals surface area contributed by atoms with Crippen LogP contribution in [0.25, 0.3) is 16.6 Å². The van der Waals surface area contributed by atoms with Gasteiger partial charge in [0.2, 0.25) is 5.91 Å². The number of hydrogen-bond donors (Lipinski definition) is 1. The first-order chi connectivity index (χ1) is 18.4. The molecule has 3 rings (SSSR count). The van der Waals surface area contributed by atoms with Crippen LogP contribution in [0.4, 0.5) is 4.39 Å². The number of aromatic nitrogens is 2. The highest BCUT2D eigenvalue weighted by Gasteiger charge is 2.26. The molecule has 38 heavy (non-hydrogen) atoms. The molecule has 0 saturated carbocycles. The highest BCUT2D eigenvalue weighted by molar-refractivity contribution is 5.80. The van der Waals surface area contributed by atoms with Gasteiger partial charge < -0.3 is 15.0 Å². The van der Waals surface area contributed by atoms with E-state index in [2.05, 4.69) is 12.2 Å². The van der Waals surface area contributed by atoms with Gasteiger partial charge in [0.15, 0.2) is 0 Å². The molecule has 3 aromatic rings. The SMILES string of the molecule is CCCCCCCCCC(=O)N(CCNC)C(C)c1nc2ccc(OC)cc2c(=O)n1-c1ccc(F)cc1. The summed E-state index contributed by atoms with van der Waals surface area (Å²) in [6.07, 6.45) is 8.38. The minimum atomic E-state index is -0.482. The van der Waals surface area contributed by atoms with E-state index < -0.39 is 11.9 Å². The van der Waals surface area contributed by atoms with Crippen molar-refractivity contribution in [3.05, 3.63) is 64.5 Å². The predicted octanol–water partition coefficient (Wildman–Crippen LogP) is 5.78. The Morgan fingerprint density at radius 3 is 2.42 bits per heavy atom. The molecular weight excluding hydrogens is 483 g/mol. The molecule has 0 aliphatic rings. The Morgan fingerprint density at radius 2 is 1.76 bits per heavy atom. The van der Waals surface area contributed by atoms with Gasteiger partial charge in [-0.05, 0) is 62.9 Å². The number of unbranched alkanes of at least 4 members (excludes halogenated alkanes) is 6. The number of benzene rings is 2. The first kappa shape index (κ1) is 29.3. The topological polar surface area (TPSA) is 76.5 Å². The largest absolute Gasteiger partial charge is 0.497 e. The van der Waals surface area contributed by atoms with Crippen molar-refractivity contribution in [2.45, 2.75) is 71.3 Å². The number of carbonyl (C=O) groups excluding carboxylic acids is 1. The summed E-state index contributed by atoms with van der Waals surface area (Å²) in [6, 6.07) is 10.4. The van der Waals surface area contributed by atoms with Crippen LogP contribution in [0, 0.1) is 5.82 Å². The van der Waals surface area contributed by atoms with Gasteiger partial charge >= 0.3 is 0 Å². The molecule has 0 aliphatic heterocycles. The van der Waals surface area contributed by atoms with Crippen molar-refractivity contribution >= 4 is 16.8 Å². The monoisotopic (exact) mass is 524 g/mol. The van der Waals surface area contributed by atoms with Crippen LogP contribution in [-0.4, -0.2) is 47.6 Å². The van der Waals surface area contributed by atoms with Gasteiger partial charge in [0.1, 0.15) is 17.4 Å². The number of halogens is 1. The second-order valence-electron chi connectivity index (χ2n) is 9.71. The summed E-state index contributed by atoms with van der Waals surface area (Å²) < 4.78 is 20.5. The number of hydrogen-bond acceptors (Lipinski definition) is 5. The smallest absolute Gasteiger partial charge is 0.266 e. The van der Waals surface area contributed by atoms with Crippen molar-refractivity contribution < 1.29 is 13.9 Å². The molecule has 1 atom stereocenters. The fourth-order valence-corrected chi connectivity index (χ4v) is 4.71. The maximum Gasteiger partial charge on any atom is 0.266 e. The number of amides is 1. The number of carbonyl (C=O) groups is 1. The number of likely N-dealkylation sites (N-methyl/N-ethyl adjacent to an activating group) is 1. The lowest BCUT2D eigenvalue weighted by Gasteiger charge is -2.31. The molecule has 0 aliphatic carbocycles. The van der Waals surface area contributed by atoms with Gasteiger partial charge in [-0.1, -0.05) is 45.4 Å². The summed E-state index contributed by atoms with van der Waals surface area (Å²) in [4.78, 5) is 33.9. The van der Waals surface area contributed by atoms with Crippen LogP contribution in [-0.2, 0) is 4.79 Å². The Bertz CT molecular complexity index is 1240. The Balaban J connectivity index is 1.96. The van der Waals surface area contributed by atoms with Crippen LogP contribution in [0.5, 0.6) is 5.75 Å². The van der Waals surface area contributed by atoms with Crippen molar-refractivity contribution in [2.24, 2.45) is 0 Å². The Hall–Kier alpha value is -3.26. The van der Waals surface area contributed by atoms with Gasteiger partial charge in [-0.25, -0.2) is 9.37 Å². The van der Waals surface area contributed by atoms with E-state index in [0.717, 1.165) is 19.3 Å². The van der Waals surface area contributed by atoms with E-state index >= 15 is 0 Å². The van der Waals surface area contributed by atoms with Gasteiger partial charge in [-0.15, -0.1) is 0 Å². The van der Waals surface area contributed by atoms with E-state index in [0.29, 0.717) is 47.7 Å². The van der Waals surface area contributed by atoms with Crippen LogP contribution in [0.3, 0.4) is 0 Å². The van der Waals surface area contributed by atoms with Gasteiger partial charge in [0.25, 0.3) is 5.56 Å². The van der Waals surface area contributed by atoms with E-state index in [4.69, 9.17) is 9.72 Å². The van der Waals surface area contributed by atoms with Crippen molar-refractivity contribution in [3.63, 3.8) is 0 Å². The lowest BCUT2D eigenvalue weighted by molar-refractivity contribution is -0.133. The van der Waals surface area contributed by atoms with Gasteiger partial charge in [0, 0.05) is 19.5 Å². The zero-order valence-electron chi connectivity index (χ0n) is 23.1. The molecular formula is C30H41FN4O3. The average Bonchev–Trinajstić information content (AvgIpc) is 2.93. The van der Waals surface area contributed by atoms with Crippen LogP contribution < -0.4 is 15.6 Å². The zero-order valence-corrected chi connectivity index (χ0v) is 23.1. The molecule has 7 nitrogen and oxygen atoms in total. The summed E-state index contributed by atoms with van der Waals surface area (Å²) in [5.41, 5.74) is 0.711. The summed E-state index contributed by atoms with van der Waals surface area (Å²) in [5.74, 6) is 0.620. The minimum absolute atomic E-state index is 0.0380. The number of nitrogens with zero attached hydrogens (tertiary/aromatic N) is 3. The third-order valence-electron chi connectivity index (χ3n) is 6.94. The summed E-state index contributed by atoms with van der Waals surface area (Å²) in [6.45, 7) is 5.19. The zero-order chi connectivity index (χ0) is 27.5. The van der Waals surface area contributed by atoms with E-state index in [9.17, 15) is 14.0 Å². The van der Waals surface area contributed by atoms with E-state index in [-0.39, 0.29) is 11.5 Å². The summed E-state index contributed by atoms with van der Waals surface area (Å²) in [7, 11) is 3.39. The Morgan fingerprint density at radius 1 is 1.08 bits per heavy atom. The van der Waals surface area contributed by atoms with Crippen LogP contribution in [0.15, 0.2) is 47.3 Å². The van der Waals surface area contributed by atoms with E-state index in [1.54, 1.807) is 42.3 Å². The molecule has 2 aromatic carbocycles. The second-order valence-corrected chi connectivity index (χ2v) is 9.71. The van der Waals surface area contributed by atoms with Crippen LogP contribution in [0.1, 0.15) is 77.1 Å². The first-order valence-electron chi connectivity index (χ1n) is 13.7. The third-order valence-corrected chi connectivity index (χ3v) is 6.94. The van der Waals surface area contributed by atoms with Gasteiger partial charge in [-0.3, -0.25) is 14.2 Å². The molecule has 0 saturated heterocycles. The van der Waals surface area contributed by atoms with Crippen LogP contribution >= 0.6 is 0 Å². The first-order valence-corrected chi connectivity index (χ1v) is 13.7. The normalized spacial score (nSPS) is 12.0. The molecule has 1 heterocycles. The molecule has 0 bridgehead atoms. The molecule has 1 amide bonds. The maximum atomic E-state index is 13.8. The van der Waals surface area contributed by atoms with Crippen molar-refractivity contribution in [3.8, 4) is 11.4 Å². The van der Waals surface area contributed by atoms with Crippen molar-refractivity contribution in [2.75, 3.05) is 27.2 Å².